The Morgan fingerprint density at radius 3 is 3.18 bits per heavy atom. The predicted octanol–water partition coefficient (Wildman–Crippen LogP) is 0.133. The summed E-state index contributed by atoms with van der Waals surface area (Å²) in [6.07, 6.45) is 1.81. The van der Waals surface area contributed by atoms with Gasteiger partial charge in [0, 0.05) is 18.8 Å². The SMILES string of the molecule is Cn1cc2c(n1)C(=O)COC2. The van der Waals surface area contributed by atoms with E-state index in [9.17, 15) is 4.79 Å². The minimum Gasteiger partial charge on any atom is -0.368 e. The van der Waals surface area contributed by atoms with E-state index in [1.54, 1.807) is 11.7 Å². The van der Waals surface area contributed by atoms with Crippen LogP contribution >= 0.6 is 0 Å². The molecule has 58 valence electrons. The van der Waals surface area contributed by atoms with Gasteiger partial charge in [0.1, 0.15) is 12.3 Å². The van der Waals surface area contributed by atoms with Gasteiger partial charge in [0.25, 0.3) is 0 Å². The van der Waals surface area contributed by atoms with Gasteiger partial charge in [0.2, 0.25) is 5.78 Å². The van der Waals surface area contributed by atoms with Gasteiger partial charge >= 0.3 is 0 Å². The number of hydrogen-bond acceptors (Lipinski definition) is 3. The Hall–Kier alpha value is -1.16. The van der Waals surface area contributed by atoms with Gasteiger partial charge in [-0.15, -0.1) is 0 Å². The molecular formula is C7H8N2O2. The second kappa shape index (κ2) is 2.17. The van der Waals surface area contributed by atoms with Crippen molar-refractivity contribution in [2.75, 3.05) is 6.61 Å². The number of carbonyl (C=O) groups excluding carboxylic acids is 1. The molecule has 0 fully saturated rings. The molecule has 1 aliphatic rings. The third-order valence-electron chi connectivity index (χ3n) is 1.66. The highest BCUT2D eigenvalue weighted by molar-refractivity contribution is 5.97. The van der Waals surface area contributed by atoms with Crippen molar-refractivity contribution in [2.24, 2.45) is 7.05 Å². The second-order valence-corrected chi connectivity index (χ2v) is 2.59. The molecule has 0 bridgehead atoms. The van der Waals surface area contributed by atoms with Crippen molar-refractivity contribution in [1.29, 1.82) is 0 Å². The molecule has 0 N–H and O–H groups in total. The first-order chi connectivity index (χ1) is 5.27. The van der Waals surface area contributed by atoms with Crippen LogP contribution in [0.1, 0.15) is 16.1 Å². The molecule has 0 spiro atoms. The summed E-state index contributed by atoms with van der Waals surface area (Å²) >= 11 is 0. The van der Waals surface area contributed by atoms with Gasteiger partial charge in [0.05, 0.1) is 6.61 Å². The van der Waals surface area contributed by atoms with E-state index in [2.05, 4.69) is 5.10 Å². The number of aromatic nitrogens is 2. The van der Waals surface area contributed by atoms with Crippen molar-refractivity contribution >= 4 is 5.78 Å². The van der Waals surface area contributed by atoms with Crippen molar-refractivity contribution < 1.29 is 9.53 Å². The van der Waals surface area contributed by atoms with Crippen LogP contribution in [0.2, 0.25) is 0 Å². The summed E-state index contributed by atoms with van der Waals surface area (Å²) in [6, 6.07) is 0. The Labute approximate surface area is 63.8 Å². The molecule has 4 heteroatoms. The van der Waals surface area contributed by atoms with Crippen LogP contribution in [-0.4, -0.2) is 22.2 Å². The van der Waals surface area contributed by atoms with Crippen molar-refractivity contribution in [3.63, 3.8) is 0 Å². The van der Waals surface area contributed by atoms with Crippen LogP contribution in [0.5, 0.6) is 0 Å². The van der Waals surface area contributed by atoms with Crippen LogP contribution < -0.4 is 0 Å². The van der Waals surface area contributed by atoms with Gasteiger partial charge in [-0.2, -0.15) is 5.10 Å². The maximum Gasteiger partial charge on any atom is 0.208 e. The highest BCUT2D eigenvalue weighted by Gasteiger charge is 2.20. The lowest BCUT2D eigenvalue weighted by molar-refractivity contribution is 0.0661. The molecule has 2 heterocycles. The predicted molar refractivity (Wildman–Crippen MR) is 37.2 cm³/mol. The van der Waals surface area contributed by atoms with E-state index in [0.717, 1.165) is 5.56 Å². The number of nitrogens with zero attached hydrogens (tertiary/aromatic N) is 2. The van der Waals surface area contributed by atoms with E-state index in [4.69, 9.17) is 4.74 Å². The molecule has 1 aromatic heterocycles. The minimum atomic E-state index is -0.0214. The molecule has 1 aromatic rings. The van der Waals surface area contributed by atoms with E-state index < -0.39 is 0 Å². The number of ketones is 1. The van der Waals surface area contributed by atoms with E-state index in [0.29, 0.717) is 12.3 Å². The Kier molecular flexibility index (Phi) is 1.29. The number of fused-ring (bicyclic) bond motifs is 1. The number of Topliss-reactive ketones (excluding diaryl/α,β-unsaturated/α-hetero) is 1. The molecule has 0 aromatic carbocycles. The van der Waals surface area contributed by atoms with Gasteiger partial charge in [-0.05, 0) is 0 Å². The first-order valence-electron chi connectivity index (χ1n) is 3.41. The zero-order valence-corrected chi connectivity index (χ0v) is 6.20. The van der Waals surface area contributed by atoms with E-state index in [1.807, 2.05) is 6.20 Å². The molecular weight excluding hydrogens is 144 g/mol. The third-order valence-corrected chi connectivity index (χ3v) is 1.66. The smallest absolute Gasteiger partial charge is 0.208 e. The van der Waals surface area contributed by atoms with Crippen molar-refractivity contribution in [1.82, 2.24) is 9.78 Å². The lowest BCUT2D eigenvalue weighted by Crippen LogP contribution is -2.17. The zero-order valence-electron chi connectivity index (χ0n) is 6.20. The van der Waals surface area contributed by atoms with Gasteiger partial charge in [0.15, 0.2) is 0 Å². The fraction of sp³-hybridized carbons (Fsp3) is 0.429. The van der Waals surface area contributed by atoms with Crippen molar-refractivity contribution in [3.05, 3.63) is 17.5 Å². The summed E-state index contributed by atoms with van der Waals surface area (Å²) in [4.78, 5) is 11.1. The average molecular weight is 152 g/mol. The van der Waals surface area contributed by atoms with Crippen LogP contribution in [0.4, 0.5) is 0 Å². The zero-order chi connectivity index (χ0) is 7.84. The maximum atomic E-state index is 11.1. The Bertz CT molecular complexity index is 303. The third kappa shape index (κ3) is 0.952. The summed E-state index contributed by atoms with van der Waals surface area (Å²) in [5, 5.41) is 4.02. The Morgan fingerprint density at radius 1 is 1.64 bits per heavy atom. The normalized spacial score (nSPS) is 16.6. The highest BCUT2D eigenvalue weighted by Crippen LogP contribution is 2.13. The van der Waals surface area contributed by atoms with Gasteiger partial charge in [-0.25, -0.2) is 0 Å². The summed E-state index contributed by atoms with van der Waals surface area (Å²) in [5.41, 5.74) is 1.46. The Morgan fingerprint density at radius 2 is 2.45 bits per heavy atom. The summed E-state index contributed by atoms with van der Waals surface area (Å²) < 4.78 is 6.65. The van der Waals surface area contributed by atoms with Crippen LogP contribution in [0.25, 0.3) is 0 Å². The number of ether oxygens (including phenoxy) is 1. The molecule has 1 aliphatic heterocycles. The number of carbonyl (C=O) groups is 1. The van der Waals surface area contributed by atoms with E-state index in [-0.39, 0.29) is 12.4 Å². The van der Waals surface area contributed by atoms with Gasteiger partial charge in [-0.1, -0.05) is 0 Å². The Balaban J connectivity index is 2.52. The number of hydrogen-bond donors (Lipinski definition) is 0. The summed E-state index contributed by atoms with van der Waals surface area (Å²) in [7, 11) is 1.80. The first-order valence-corrected chi connectivity index (χ1v) is 3.41. The van der Waals surface area contributed by atoms with Crippen LogP contribution in [0.15, 0.2) is 6.20 Å². The minimum absolute atomic E-state index is 0.0214. The highest BCUT2D eigenvalue weighted by atomic mass is 16.5. The topological polar surface area (TPSA) is 44.1 Å². The molecule has 0 radical (unpaired) electrons. The summed E-state index contributed by atoms with van der Waals surface area (Å²) in [5.74, 6) is -0.0214. The van der Waals surface area contributed by atoms with E-state index in [1.165, 1.54) is 0 Å². The molecule has 2 rings (SSSR count). The van der Waals surface area contributed by atoms with E-state index >= 15 is 0 Å². The fourth-order valence-corrected chi connectivity index (χ4v) is 1.20. The lowest BCUT2D eigenvalue weighted by atomic mass is 10.1. The van der Waals surface area contributed by atoms with Crippen molar-refractivity contribution in [3.8, 4) is 0 Å². The molecule has 0 amide bonds. The van der Waals surface area contributed by atoms with Gasteiger partial charge in [-0.3, -0.25) is 9.48 Å². The second-order valence-electron chi connectivity index (χ2n) is 2.59. The van der Waals surface area contributed by atoms with Gasteiger partial charge < -0.3 is 4.74 Å². The molecule has 0 aliphatic carbocycles. The van der Waals surface area contributed by atoms with Crippen LogP contribution in [0, 0.1) is 0 Å². The number of aryl methyl sites for hydroxylation is 1. The number of rotatable bonds is 0. The standard InChI is InChI=1S/C7H8N2O2/c1-9-2-5-3-11-4-6(10)7(5)8-9/h2H,3-4H2,1H3. The molecule has 0 saturated carbocycles. The monoisotopic (exact) mass is 152 g/mol. The average Bonchev–Trinajstić information content (AvgIpc) is 2.31. The molecule has 0 saturated heterocycles. The largest absolute Gasteiger partial charge is 0.368 e. The molecule has 4 nitrogen and oxygen atoms in total. The quantitative estimate of drug-likeness (QED) is 0.531. The first kappa shape index (κ1) is 6.54. The molecule has 0 atom stereocenters. The summed E-state index contributed by atoms with van der Waals surface area (Å²) in [6.45, 7) is 0.679. The van der Waals surface area contributed by atoms with Crippen LogP contribution in [0.3, 0.4) is 0 Å². The van der Waals surface area contributed by atoms with Crippen molar-refractivity contribution in [2.45, 2.75) is 6.61 Å². The lowest BCUT2D eigenvalue weighted by Gasteiger charge is -2.07. The molecule has 11 heavy (non-hydrogen) atoms. The molecule has 0 unspecified atom stereocenters. The fourth-order valence-electron chi connectivity index (χ4n) is 1.20. The maximum absolute atomic E-state index is 11.1. The van der Waals surface area contributed by atoms with Crippen LogP contribution in [-0.2, 0) is 18.4 Å².